The number of aromatic amines is 1. The van der Waals surface area contributed by atoms with E-state index in [1.807, 2.05) is 24.3 Å². The Kier molecular flexibility index (Phi) is 9.78. The Morgan fingerprint density at radius 2 is 1.51 bits per heavy atom. The van der Waals surface area contributed by atoms with Gasteiger partial charge >= 0.3 is 5.97 Å². The highest BCUT2D eigenvalue weighted by Gasteiger charge is 2.33. The first kappa shape index (κ1) is 27.8. The van der Waals surface area contributed by atoms with Gasteiger partial charge in [-0.25, -0.2) is 4.79 Å². The third kappa shape index (κ3) is 7.27. The summed E-state index contributed by atoms with van der Waals surface area (Å²) in [6, 6.07) is 2.97. The highest BCUT2D eigenvalue weighted by molar-refractivity contribution is 5.95. The number of hydrogen-bond donors (Lipinski definition) is 7. The molecule has 1 heterocycles. The van der Waals surface area contributed by atoms with E-state index >= 15 is 0 Å². The highest BCUT2D eigenvalue weighted by Crippen LogP contribution is 2.19. The lowest BCUT2D eigenvalue weighted by atomic mass is 9.99. The minimum Gasteiger partial charge on any atom is -0.480 e. The van der Waals surface area contributed by atoms with Crippen LogP contribution >= 0.6 is 0 Å². The lowest BCUT2D eigenvalue weighted by Crippen LogP contribution is -2.59. The molecule has 1 aromatic carbocycles. The molecule has 4 unspecified atom stereocenters. The van der Waals surface area contributed by atoms with Gasteiger partial charge in [-0.3, -0.25) is 14.4 Å². The van der Waals surface area contributed by atoms with Crippen molar-refractivity contribution in [1.29, 1.82) is 0 Å². The predicted octanol–water partition coefficient (Wildman–Crippen LogP) is -0.119. The zero-order valence-corrected chi connectivity index (χ0v) is 20.4. The van der Waals surface area contributed by atoms with E-state index < -0.39 is 54.5 Å². The molecule has 2 rings (SSSR count). The van der Waals surface area contributed by atoms with E-state index in [0.29, 0.717) is 0 Å². The van der Waals surface area contributed by atoms with Gasteiger partial charge in [0.05, 0.1) is 6.61 Å². The Morgan fingerprint density at radius 1 is 0.914 bits per heavy atom. The minimum absolute atomic E-state index is 0.0932. The second-order valence-corrected chi connectivity index (χ2v) is 9.21. The van der Waals surface area contributed by atoms with Gasteiger partial charge in [0.15, 0.2) is 0 Å². The number of carbonyl (C=O) groups is 4. The number of benzene rings is 1. The van der Waals surface area contributed by atoms with Gasteiger partial charge in [0.2, 0.25) is 17.7 Å². The fourth-order valence-corrected chi connectivity index (χ4v) is 3.64. The number of hydrogen-bond acceptors (Lipinski definition) is 6. The number of nitrogens with one attached hydrogen (secondary N) is 4. The molecule has 11 nitrogen and oxygen atoms in total. The molecule has 0 aliphatic rings. The molecule has 2 aromatic rings. The van der Waals surface area contributed by atoms with E-state index in [9.17, 15) is 29.4 Å². The number of aliphatic hydroxyl groups is 1. The summed E-state index contributed by atoms with van der Waals surface area (Å²) >= 11 is 0. The van der Waals surface area contributed by atoms with Crippen LogP contribution in [0, 0.1) is 11.8 Å². The van der Waals surface area contributed by atoms with Crippen molar-refractivity contribution in [2.75, 3.05) is 6.61 Å². The van der Waals surface area contributed by atoms with Crippen molar-refractivity contribution in [2.45, 2.75) is 58.3 Å². The van der Waals surface area contributed by atoms with Gasteiger partial charge in [0.25, 0.3) is 0 Å². The van der Waals surface area contributed by atoms with Crippen LogP contribution in [0.15, 0.2) is 30.5 Å². The number of carboxylic acids is 1. The van der Waals surface area contributed by atoms with Gasteiger partial charge in [0, 0.05) is 23.5 Å². The molecular weight excluding hydrogens is 454 g/mol. The molecular formula is C24H35N5O6. The Bertz CT molecular complexity index is 1050. The first-order valence-electron chi connectivity index (χ1n) is 11.5. The molecule has 0 bridgehead atoms. The molecule has 35 heavy (non-hydrogen) atoms. The van der Waals surface area contributed by atoms with Gasteiger partial charge < -0.3 is 36.9 Å². The topological polar surface area (TPSA) is 187 Å². The number of aliphatic hydroxyl groups excluding tert-OH is 1. The quantitative estimate of drug-likeness (QED) is 0.216. The fourth-order valence-electron chi connectivity index (χ4n) is 3.64. The van der Waals surface area contributed by atoms with E-state index in [-0.39, 0.29) is 18.3 Å². The zero-order valence-electron chi connectivity index (χ0n) is 20.4. The van der Waals surface area contributed by atoms with Crippen LogP contribution in [0.3, 0.4) is 0 Å². The number of para-hydroxylation sites is 1. The Morgan fingerprint density at radius 3 is 2.09 bits per heavy atom. The summed E-state index contributed by atoms with van der Waals surface area (Å²) in [5.41, 5.74) is 7.23. The van der Waals surface area contributed by atoms with E-state index in [1.54, 1.807) is 33.9 Å². The van der Waals surface area contributed by atoms with Crippen LogP contribution in [-0.4, -0.2) is 69.7 Å². The summed E-state index contributed by atoms with van der Waals surface area (Å²) in [5, 5.41) is 27.2. The van der Waals surface area contributed by atoms with Crippen molar-refractivity contribution in [2.24, 2.45) is 17.6 Å². The van der Waals surface area contributed by atoms with Gasteiger partial charge in [-0.15, -0.1) is 0 Å². The van der Waals surface area contributed by atoms with Crippen LogP contribution in [0.1, 0.15) is 33.3 Å². The average molecular weight is 490 g/mol. The second-order valence-electron chi connectivity index (χ2n) is 9.21. The van der Waals surface area contributed by atoms with E-state index in [1.165, 1.54) is 0 Å². The lowest BCUT2D eigenvalue weighted by Gasteiger charge is -2.27. The van der Waals surface area contributed by atoms with E-state index in [2.05, 4.69) is 20.9 Å². The molecule has 0 aliphatic carbocycles. The number of carbonyl (C=O) groups excluding carboxylic acids is 3. The van der Waals surface area contributed by atoms with Crippen LogP contribution in [0.25, 0.3) is 10.9 Å². The monoisotopic (exact) mass is 489 g/mol. The van der Waals surface area contributed by atoms with Crippen molar-refractivity contribution >= 4 is 34.6 Å². The summed E-state index contributed by atoms with van der Waals surface area (Å²) in [6.45, 7) is 6.16. The summed E-state index contributed by atoms with van der Waals surface area (Å²) in [6.07, 6.45) is 1.83. The third-order valence-electron chi connectivity index (χ3n) is 5.74. The molecule has 0 aliphatic heterocycles. The molecule has 4 atom stereocenters. The molecule has 0 spiro atoms. The van der Waals surface area contributed by atoms with Crippen LogP contribution in [0.5, 0.6) is 0 Å². The minimum atomic E-state index is -1.22. The number of rotatable bonds is 12. The van der Waals surface area contributed by atoms with E-state index in [0.717, 1.165) is 16.5 Å². The summed E-state index contributed by atoms with van der Waals surface area (Å²) in [4.78, 5) is 53.2. The summed E-state index contributed by atoms with van der Waals surface area (Å²) in [5.74, 6) is -3.91. The molecule has 11 heteroatoms. The summed E-state index contributed by atoms with van der Waals surface area (Å²) in [7, 11) is 0. The molecule has 0 radical (unpaired) electrons. The van der Waals surface area contributed by atoms with Crippen LogP contribution in [-0.2, 0) is 25.6 Å². The normalized spacial score (nSPS) is 14.9. The molecule has 0 saturated carbocycles. The second kappa shape index (κ2) is 12.3. The number of nitrogens with two attached hydrogens (primary N) is 1. The fraction of sp³-hybridized carbons (Fsp3) is 0.500. The molecule has 0 saturated heterocycles. The maximum atomic E-state index is 13.3. The number of aromatic nitrogens is 1. The highest BCUT2D eigenvalue weighted by atomic mass is 16.4. The van der Waals surface area contributed by atoms with Gasteiger partial charge in [-0.05, 0) is 23.5 Å². The smallest absolute Gasteiger partial charge is 0.326 e. The number of aliphatic carboxylic acids is 1. The van der Waals surface area contributed by atoms with Crippen molar-refractivity contribution in [3.8, 4) is 0 Å². The number of carboxylic acid groups (broad SMARTS) is 1. The maximum Gasteiger partial charge on any atom is 0.326 e. The number of amides is 3. The van der Waals surface area contributed by atoms with Crippen molar-refractivity contribution < 1.29 is 29.4 Å². The Hall–Kier alpha value is -3.44. The van der Waals surface area contributed by atoms with Crippen LogP contribution in [0.2, 0.25) is 0 Å². The Labute approximate surface area is 203 Å². The average Bonchev–Trinajstić information content (AvgIpc) is 3.21. The summed E-state index contributed by atoms with van der Waals surface area (Å²) < 4.78 is 0. The largest absolute Gasteiger partial charge is 0.480 e. The number of fused-ring (bicyclic) bond motifs is 1. The maximum absolute atomic E-state index is 13.3. The first-order valence-corrected chi connectivity index (χ1v) is 11.5. The molecule has 8 N–H and O–H groups in total. The van der Waals surface area contributed by atoms with Crippen molar-refractivity contribution in [3.63, 3.8) is 0 Å². The van der Waals surface area contributed by atoms with Crippen molar-refractivity contribution in [3.05, 3.63) is 36.0 Å². The molecule has 3 amide bonds. The van der Waals surface area contributed by atoms with Crippen LogP contribution < -0.4 is 21.7 Å². The first-order chi connectivity index (χ1) is 16.5. The zero-order chi connectivity index (χ0) is 26.3. The molecule has 192 valence electrons. The number of H-pyrrole nitrogens is 1. The van der Waals surface area contributed by atoms with Gasteiger partial charge in [0.1, 0.15) is 24.2 Å². The third-order valence-corrected chi connectivity index (χ3v) is 5.74. The lowest BCUT2D eigenvalue weighted by molar-refractivity contribution is -0.143. The van der Waals surface area contributed by atoms with Crippen LogP contribution in [0.4, 0.5) is 0 Å². The molecule has 0 fully saturated rings. The van der Waals surface area contributed by atoms with E-state index in [4.69, 9.17) is 5.73 Å². The predicted molar refractivity (Wildman–Crippen MR) is 130 cm³/mol. The van der Waals surface area contributed by atoms with Crippen molar-refractivity contribution in [1.82, 2.24) is 20.9 Å². The van der Waals surface area contributed by atoms with Gasteiger partial charge in [-0.1, -0.05) is 45.9 Å². The molecule has 1 aromatic heterocycles. The standard InChI is InChI=1S/C24H35N5O6/c1-12(2)19(23(33)29-20(13(3)4)24(34)35)28-22(32)18(27-21(31)16(25)11-30)9-14-10-26-17-8-6-5-7-15(14)17/h5-8,10,12-13,16,18-20,26,30H,9,11,25H2,1-4H3,(H,27,31)(H,28,32)(H,29,33)(H,34,35). The SMILES string of the molecule is CC(C)C(NC(=O)C(NC(=O)C(Cc1c[nH]c2ccccc12)NC(=O)C(N)CO)C(C)C)C(=O)O. The Balaban J connectivity index is 2.28. The van der Waals surface area contributed by atoms with Gasteiger partial charge in [-0.2, -0.15) is 0 Å².